The first-order chi connectivity index (χ1) is 12.0. The molecule has 0 atom stereocenters. The van der Waals surface area contributed by atoms with Gasteiger partial charge in [0.25, 0.3) is 0 Å². The maximum Gasteiger partial charge on any atom is 0.240 e. The van der Waals surface area contributed by atoms with E-state index in [4.69, 9.17) is 0 Å². The van der Waals surface area contributed by atoms with Crippen LogP contribution in [0.4, 0.5) is 5.13 Å². The van der Waals surface area contributed by atoms with Crippen LogP contribution in [0.5, 0.6) is 0 Å². The van der Waals surface area contributed by atoms with Gasteiger partial charge in [-0.05, 0) is 45.8 Å². The Kier molecular flexibility index (Phi) is 5.77. The van der Waals surface area contributed by atoms with Crippen molar-refractivity contribution in [1.29, 1.82) is 0 Å². The summed E-state index contributed by atoms with van der Waals surface area (Å²) in [6, 6.07) is 0. The molecule has 25 heavy (non-hydrogen) atoms. The molecular weight excluding hydrogens is 338 g/mol. The highest BCUT2D eigenvalue weighted by molar-refractivity contribution is 7.15. The Morgan fingerprint density at radius 2 is 2.20 bits per heavy atom. The molecule has 3 heterocycles. The topological polar surface area (TPSA) is 88.0 Å². The third-order valence-electron chi connectivity index (χ3n) is 4.52. The first-order valence-corrected chi connectivity index (χ1v) is 9.34. The van der Waals surface area contributed by atoms with E-state index in [1.165, 1.54) is 4.88 Å². The number of amides is 1. The van der Waals surface area contributed by atoms with Crippen LogP contribution in [0.2, 0.25) is 0 Å². The van der Waals surface area contributed by atoms with Gasteiger partial charge in [0.15, 0.2) is 5.13 Å². The fourth-order valence-corrected chi connectivity index (χ4v) is 3.93. The normalized spacial score (nSPS) is 15.7. The number of rotatable bonds is 6. The molecule has 1 fully saturated rings. The van der Waals surface area contributed by atoms with Gasteiger partial charge in [0.1, 0.15) is 11.6 Å². The van der Waals surface area contributed by atoms with Gasteiger partial charge in [0.05, 0.1) is 13.1 Å². The average Bonchev–Trinajstić information content (AvgIpc) is 3.17. The Hall–Kier alpha value is -1.84. The Labute approximate surface area is 151 Å². The van der Waals surface area contributed by atoms with Crippen LogP contribution in [-0.2, 0) is 18.4 Å². The monoisotopic (exact) mass is 363 g/mol. The first-order valence-electron chi connectivity index (χ1n) is 8.52. The molecule has 0 unspecified atom stereocenters. The van der Waals surface area contributed by atoms with Crippen molar-refractivity contribution in [2.75, 3.05) is 32.0 Å². The highest BCUT2D eigenvalue weighted by Crippen LogP contribution is 2.31. The zero-order chi connectivity index (χ0) is 17.8. The van der Waals surface area contributed by atoms with Crippen LogP contribution in [0.3, 0.4) is 0 Å². The Morgan fingerprint density at radius 3 is 2.88 bits per heavy atom. The number of nitrogens with zero attached hydrogens (tertiary/aromatic N) is 5. The molecule has 1 amide bonds. The fourth-order valence-electron chi connectivity index (χ4n) is 2.93. The number of carbonyl (C=O) groups excluding carboxylic acids is 1. The average molecular weight is 363 g/mol. The van der Waals surface area contributed by atoms with Gasteiger partial charge in [0, 0.05) is 18.1 Å². The lowest BCUT2D eigenvalue weighted by Gasteiger charge is -2.20. The van der Waals surface area contributed by atoms with E-state index in [0.717, 1.165) is 37.6 Å². The van der Waals surface area contributed by atoms with Gasteiger partial charge in [-0.15, -0.1) is 21.5 Å². The lowest BCUT2D eigenvalue weighted by molar-refractivity contribution is -0.117. The number of aromatic nitrogens is 4. The second-order valence-electron chi connectivity index (χ2n) is 6.53. The fraction of sp³-hybridized carbons (Fsp3) is 0.625. The lowest BCUT2D eigenvalue weighted by atomic mass is 9.97. The van der Waals surface area contributed by atoms with E-state index in [2.05, 4.69) is 25.8 Å². The zero-order valence-electron chi connectivity index (χ0n) is 14.9. The van der Waals surface area contributed by atoms with Crippen molar-refractivity contribution < 1.29 is 4.79 Å². The molecule has 2 aromatic rings. The summed E-state index contributed by atoms with van der Waals surface area (Å²) in [5.41, 5.74) is 0. The SMILES string of the molecule is Cc1nnc(CN(C)CC(=O)Nc2ncc(C3CCNCC3)s2)n1C. The minimum Gasteiger partial charge on any atom is -0.317 e. The number of piperidine rings is 1. The number of thiazole rings is 1. The van der Waals surface area contributed by atoms with Crippen molar-refractivity contribution in [2.24, 2.45) is 7.05 Å². The number of hydrogen-bond donors (Lipinski definition) is 2. The van der Waals surface area contributed by atoms with E-state index in [-0.39, 0.29) is 12.5 Å². The second-order valence-corrected chi connectivity index (χ2v) is 7.60. The number of hydrogen-bond acceptors (Lipinski definition) is 7. The molecule has 2 aromatic heterocycles. The van der Waals surface area contributed by atoms with Gasteiger partial charge in [0.2, 0.25) is 5.91 Å². The molecule has 136 valence electrons. The molecule has 0 aliphatic carbocycles. The third kappa shape index (κ3) is 4.62. The molecular formula is C16H25N7OS. The maximum absolute atomic E-state index is 12.2. The van der Waals surface area contributed by atoms with E-state index in [9.17, 15) is 4.79 Å². The molecule has 0 bridgehead atoms. The van der Waals surface area contributed by atoms with Gasteiger partial charge in [-0.25, -0.2) is 4.98 Å². The van der Waals surface area contributed by atoms with Gasteiger partial charge in [-0.1, -0.05) is 0 Å². The summed E-state index contributed by atoms with van der Waals surface area (Å²) in [4.78, 5) is 19.8. The summed E-state index contributed by atoms with van der Waals surface area (Å²) in [6.45, 7) is 4.87. The van der Waals surface area contributed by atoms with Crippen LogP contribution in [-0.4, -0.2) is 57.2 Å². The molecule has 0 aromatic carbocycles. The highest BCUT2D eigenvalue weighted by atomic mass is 32.1. The van der Waals surface area contributed by atoms with E-state index >= 15 is 0 Å². The number of nitrogens with one attached hydrogen (secondary N) is 2. The maximum atomic E-state index is 12.2. The Balaban J connectivity index is 1.50. The smallest absolute Gasteiger partial charge is 0.240 e. The summed E-state index contributed by atoms with van der Waals surface area (Å²) in [7, 11) is 3.82. The van der Waals surface area contributed by atoms with Gasteiger partial charge < -0.3 is 15.2 Å². The standard InChI is InChI=1S/C16H25N7OS/c1-11-20-21-14(23(11)3)9-22(2)10-15(24)19-16-18-8-13(25-16)12-4-6-17-7-5-12/h8,12,17H,4-7,9-10H2,1-3H3,(H,18,19,24). The van der Waals surface area contributed by atoms with Gasteiger partial charge in [-0.2, -0.15) is 0 Å². The lowest BCUT2D eigenvalue weighted by Crippen LogP contribution is -2.30. The van der Waals surface area contributed by atoms with Crippen molar-refractivity contribution in [2.45, 2.75) is 32.2 Å². The van der Waals surface area contributed by atoms with Crippen molar-refractivity contribution in [3.63, 3.8) is 0 Å². The molecule has 0 radical (unpaired) electrons. The molecule has 3 rings (SSSR count). The van der Waals surface area contributed by atoms with Crippen molar-refractivity contribution in [1.82, 2.24) is 30.0 Å². The number of anilines is 1. The minimum absolute atomic E-state index is 0.0624. The Morgan fingerprint density at radius 1 is 1.44 bits per heavy atom. The van der Waals surface area contributed by atoms with Crippen LogP contribution < -0.4 is 10.6 Å². The van der Waals surface area contributed by atoms with Gasteiger partial charge in [-0.3, -0.25) is 9.69 Å². The zero-order valence-corrected chi connectivity index (χ0v) is 15.8. The summed E-state index contributed by atoms with van der Waals surface area (Å²) in [5.74, 6) is 2.20. The van der Waals surface area contributed by atoms with E-state index in [0.29, 0.717) is 17.6 Å². The largest absolute Gasteiger partial charge is 0.317 e. The van der Waals surface area contributed by atoms with E-state index < -0.39 is 0 Å². The molecule has 0 saturated carbocycles. The summed E-state index contributed by atoms with van der Waals surface area (Å²) < 4.78 is 1.93. The molecule has 1 aliphatic heterocycles. The predicted molar refractivity (Wildman–Crippen MR) is 97.7 cm³/mol. The first kappa shape index (κ1) is 18.0. The molecule has 9 heteroatoms. The minimum atomic E-state index is -0.0624. The van der Waals surface area contributed by atoms with Crippen LogP contribution in [0, 0.1) is 6.92 Å². The van der Waals surface area contributed by atoms with Crippen molar-refractivity contribution in [3.05, 3.63) is 22.7 Å². The van der Waals surface area contributed by atoms with Crippen molar-refractivity contribution >= 4 is 22.4 Å². The molecule has 2 N–H and O–H groups in total. The third-order valence-corrected chi connectivity index (χ3v) is 5.59. The second kappa shape index (κ2) is 8.03. The quantitative estimate of drug-likeness (QED) is 0.800. The molecule has 1 aliphatic rings. The van der Waals surface area contributed by atoms with E-state index in [1.807, 2.05) is 36.7 Å². The summed E-state index contributed by atoms with van der Waals surface area (Å²) in [6.07, 6.45) is 4.17. The van der Waals surface area contributed by atoms with Crippen LogP contribution in [0.15, 0.2) is 6.20 Å². The van der Waals surface area contributed by atoms with Crippen LogP contribution in [0.25, 0.3) is 0 Å². The summed E-state index contributed by atoms with van der Waals surface area (Å²) in [5, 5.41) is 15.1. The van der Waals surface area contributed by atoms with Gasteiger partial charge >= 0.3 is 0 Å². The Bertz CT molecular complexity index is 720. The molecule has 8 nitrogen and oxygen atoms in total. The van der Waals surface area contributed by atoms with Crippen molar-refractivity contribution in [3.8, 4) is 0 Å². The molecule has 1 saturated heterocycles. The van der Waals surface area contributed by atoms with Crippen LogP contribution >= 0.6 is 11.3 Å². The molecule has 0 spiro atoms. The predicted octanol–water partition coefficient (Wildman–Crippen LogP) is 1.12. The highest BCUT2D eigenvalue weighted by Gasteiger charge is 2.19. The summed E-state index contributed by atoms with van der Waals surface area (Å²) >= 11 is 1.59. The van der Waals surface area contributed by atoms with E-state index in [1.54, 1.807) is 11.3 Å². The number of carbonyl (C=O) groups is 1. The van der Waals surface area contributed by atoms with Crippen LogP contribution in [0.1, 0.15) is 35.3 Å². The number of likely N-dealkylation sites (N-methyl/N-ethyl adjacent to an activating group) is 1. The number of aryl methyl sites for hydroxylation is 1.